The molecule has 1 atom stereocenters. The minimum Gasteiger partial charge on any atom is -0.481 e. The number of carbonyl (C=O) groups excluding carboxylic acids is 2. The third-order valence-electron chi connectivity index (χ3n) is 4.18. The molecule has 6 heteroatoms. The van der Waals surface area contributed by atoms with Crippen molar-refractivity contribution in [3.8, 4) is 0 Å². The van der Waals surface area contributed by atoms with Gasteiger partial charge in [-0.15, -0.1) is 0 Å². The lowest BCUT2D eigenvalue weighted by atomic mass is 9.96. The first-order valence-electron chi connectivity index (χ1n) is 7.88. The first-order valence-corrected chi connectivity index (χ1v) is 7.88. The van der Waals surface area contributed by atoms with Crippen molar-refractivity contribution < 1.29 is 19.5 Å². The molecule has 6 nitrogen and oxygen atoms in total. The third-order valence-corrected chi connectivity index (χ3v) is 4.18. The molecule has 0 aromatic heterocycles. The van der Waals surface area contributed by atoms with Crippen molar-refractivity contribution in [2.75, 3.05) is 13.6 Å². The van der Waals surface area contributed by atoms with E-state index in [1.807, 2.05) is 0 Å². The Hall–Kier alpha value is -2.37. The molecule has 1 aromatic rings. The second-order valence-electron chi connectivity index (χ2n) is 5.74. The van der Waals surface area contributed by atoms with Gasteiger partial charge in [-0.25, -0.2) is 0 Å². The van der Waals surface area contributed by atoms with Crippen LogP contribution in [-0.2, 0) is 4.79 Å². The summed E-state index contributed by atoms with van der Waals surface area (Å²) >= 11 is 0. The van der Waals surface area contributed by atoms with E-state index >= 15 is 0 Å². The molecule has 2 rings (SSSR count). The molecule has 0 radical (unpaired) electrons. The largest absolute Gasteiger partial charge is 0.481 e. The molecule has 2 N–H and O–H groups in total. The lowest BCUT2D eigenvalue weighted by molar-refractivity contribution is -0.137. The maximum absolute atomic E-state index is 12.8. The Labute approximate surface area is 135 Å². The van der Waals surface area contributed by atoms with E-state index in [1.165, 1.54) is 0 Å². The Balaban J connectivity index is 2.16. The van der Waals surface area contributed by atoms with Gasteiger partial charge in [0.05, 0.1) is 0 Å². The van der Waals surface area contributed by atoms with Gasteiger partial charge in [-0.2, -0.15) is 0 Å². The third kappa shape index (κ3) is 4.31. The Morgan fingerprint density at radius 2 is 2.00 bits per heavy atom. The molecular formula is C17H22N2O4. The van der Waals surface area contributed by atoms with Gasteiger partial charge in [0, 0.05) is 37.2 Å². The van der Waals surface area contributed by atoms with Gasteiger partial charge in [-0.3, -0.25) is 14.4 Å². The highest BCUT2D eigenvalue weighted by Crippen LogP contribution is 2.23. The number of carboxylic acid groups (broad SMARTS) is 1. The van der Waals surface area contributed by atoms with E-state index in [1.54, 1.807) is 36.2 Å². The summed E-state index contributed by atoms with van der Waals surface area (Å²) in [5.41, 5.74) is 0.908. The highest BCUT2D eigenvalue weighted by Gasteiger charge is 2.28. The molecule has 0 aliphatic carbocycles. The highest BCUT2D eigenvalue weighted by atomic mass is 16.4. The highest BCUT2D eigenvalue weighted by molar-refractivity contribution is 5.99. The predicted octanol–water partition coefficient (Wildman–Crippen LogP) is 1.91. The second kappa shape index (κ2) is 7.76. The zero-order valence-electron chi connectivity index (χ0n) is 13.2. The minimum atomic E-state index is -0.843. The summed E-state index contributed by atoms with van der Waals surface area (Å²) in [6, 6.07) is 6.58. The maximum Gasteiger partial charge on any atom is 0.303 e. The summed E-state index contributed by atoms with van der Waals surface area (Å²) < 4.78 is 0. The van der Waals surface area contributed by atoms with Gasteiger partial charge < -0.3 is 15.3 Å². The molecule has 1 aliphatic heterocycles. The standard InChI is InChI=1S/C17H22N2O4/c1-18-16(22)12-5-4-6-13(11-12)17(23)19-10-3-2-7-14(19)8-9-15(20)21/h4-6,11,14H,2-3,7-10H2,1H3,(H,18,22)(H,20,21). The fourth-order valence-corrected chi connectivity index (χ4v) is 2.96. The van der Waals surface area contributed by atoms with Crippen molar-refractivity contribution in [1.82, 2.24) is 10.2 Å². The van der Waals surface area contributed by atoms with Crippen molar-refractivity contribution in [3.63, 3.8) is 0 Å². The summed E-state index contributed by atoms with van der Waals surface area (Å²) in [5.74, 6) is -1.21. The van der Waals surface area contributed by atoms with Gasteiger partial charge in [0.15, 0.2) is 0 Å². The summed E-state index contributed by atoms with van der Waals surface area (Å²) in [5, 5.41) is 11.4. The van der Waals surface area contributed by atoms with E-state index in [4.69, 9.17) is 5.11 Å². The molecule has 2 amide bonds. The maximum atomic E-state index is 12.8. The Morgan fingerprint density at radius 1 is 1.26 bits per heavy atom. The van der Waals surface area contributed by atoms with Gasteiger partial charge in [0.25, 0.3) is 11.8 Å². The number of nitrogens with one attached hydrogen (secondary N) is 1. The smallest absolute Gasteiger partial charge is 0.303 e. The number of carbonyl (C=O) groups is 3. The van der Waals surface area contributed by atoms with Crippen LogP contribution in [0.5, 0.6) is 0 Å². The molecule has 0 bridgehead atoms. The zero-order chi connectivity index (χ0) is 16.8. The molecule has 1 aliphatic rings. The van der Waals surface area contributed by atoms with E-state index < -0.39 is 5.97 Å². The average Bonchev–Trinajstić information content (AvgIpc) is 2.59. The van der Waals surface area contributed by atoms with E-state index in [0.717, 1.165) is 19.3 Å². The summed E-state index contributed by atoms with van der Waals surface area (Å²) in [4.78, 5) is 37.0. The van der Waals surface area contributed by atoms with Gasteiger partial charge in [-0.1, -0.05) is 6.07 Å². The first kappa shape index (κ1) is 17.0. The quantitative estimate of drug-likeness (QED) is 0.868. The van der Waals surface area contributed by atoms with Gasteiger partial charge in [-0.05, 0) is 43.9 Å². The van der Waals surface area contributed by atoms with E-state index in [9.17, 15) is 14.4 Å². The van der Waals surface area contributed by atoms with Gasteiger partial charge >= 0.3 is 5.97 Å². The zero-order valence-corrected chi connectivity index (χ0v) is 13.2. The van der Waals surface area contributed by atoms with E-state index in [2.05, 4.69) is 5.32 Å². The normalized spacial score (nSPS) is 17.6. The number of piperidine rings is 1. The Morgan fingerprint density at radius 3 is 2.70 bits per heavy atom. The summed E-state index contributed by atoms with van der Waals surface area (Å²) in [6.07, 6.45) is 3.29. The van der Waals surface area contributed by atoms with Crippen LogP contribution in [0, 0.1) is 0 Å². The number of amides is 2. The molecule has 1 unspecified atom stereocenters. The number of hydrogen-bond donors (Lipinski definition) is 2. The van der Waals surface area contributed by atoms with Gasteiger partial charge in [0.2, 0.25) is 0 Å². The molecule has 23 heavy (non-hydrogen) atoms. The number of hydrogen-bond acceptors (Lipinski definition) is 3. The van der Waals surface area contributed by atoms with Crippen LogP contribution in [0.2, 0.25) is 0 Å². The van der Waals surface area contributed by atoms with Crippen LogP contribution in [-0.4, -0.2) is 47.4 Å². The Bertz CT molecular complexity index is 600. The van der Waals surface area contributed by atoms with Crippen LogP contribution in [0.25, 0.3) is 0 Å². The molecule has 1 saturated heterocycles. The predicted molar refractivity (Wildman–Crippen MR) is 85.4 cm³/mol. The topological polar surface area (TPSA) is 86.7 Å². The van der Waals surface area contributed by atoms with E-state index in [-0.39, 0.29) is 24.3 Å². The Kier molecular flexibility index (Phi) is 5.73. The average molecular weight is 318 g/mol. The van der Waals surface area contributed by atoms with Crippen LogP contribution in [0.4, 0.5) is 0 Å². The number of benzene rings is 1. The number of rotatable bonds is 5. The van der Waals surface area contributed by atoms with Crippen LogP contribution in [0.15, 0.2) is 24.3 Å². The SMILES string of the molecule is CNC(=O)c1cccc(C(=O)N2CCCCC2CCC(=O)O)c1. The van der Waals surface area contributed by atoms with Crippen LogP contribution in [0.3, 0.4) is 0 Å². The second-order valence-corrected chi connectivity index (χ2v) is 5.74. The molecular weight excluding hydrogens is 296 g/mol. The summed E-state index contributed by atoms with van der Waals surface area (Å²) in [7, 11) is 1.55. The molecule has 0 spiro atoms. The molecule has 1 fully saturated rings. The summed E-state index contributed by atoms with van der Waals surface area (Å²) in [6.45, 7) is 0.632. The minimum absolute atomic E-state index is 0.0454. The number of nitrogens with zero attached hydrogens (tertiary/aromatic N) is 1. The molecule has 124 valence electrons. The van der Waals surface area contributed by atoms with Crippen molar-refractivity contribution in [3.05, 3.63) is 35.4 Å². The van der Waals surface area contributed by atoms with E-state index in [0.29, 0.717) is 24.1 Å². The van der Waals surface area contributed by atoms with Crippen molar-refractivity contribution >= 4 is 17.8 Å². The molecule has 1 heterocycles. The molecule has 1 aromatic carbocycles. The number of likely N-dealkylation sites (tertiary alicyclic amines) is 1. The fourth-order valence-electron chi connectivity index (χ4n) is 2.96. The monoisotopic (exact) mass is 318 g/mol. The van der Waals surface area contributed by atoms with Crippen molar-refractivity contribution in [1.29, 1.82) is 0 Å². The van der Waals surface area contributed by atoms with Crippen molar-refractivity contribution in [2.24, 2.45) is 0 Å². The van der Waals surface area contributed by atoms with Crippen LogP contribution < -0.4 is 5.32 Å². The fraction of sp³-hybridized carbons (Fsp3) is 0.471. The molecule has 0 saturated carbocycles. The van der Waals surface area contributed by atoms with Crippen LogP contribution in [0.1, 0.15) is 52.8 Å². The number of carboxylic acids is 1. The van der Waals surface area contributed by atoms with Crippen molar-refractivity contribution in [2.45, 2.75) is 38.1 Å². The number of aliphatic carboxylic acids is 1. The lowest BCUT2D eigenvalue weighted by Crippen LogP contribution is -2.44. The van der Waals surface area contributed by atoms with Crippen LogP contribution >= 0.6 is 0 Å². The van der Waals surface area contributed by atoms with Gasteiger partial charge in [0.1, 0.15) is 0 Å². The first-order chi connectivity index (χ1) is 11.0. The lowest BCUT2D eigenvalue weighted by Gasteiger charge is -2.35.